The Morgan fingerprint density at radius 3 is 2.42 bits per heavy atom. The molecule has 0 aliphatic carbocycles. The van der Waals surface area contributed by atoms with Crippen molar-refractivity contribution in [3.8, 4) is 0 Å². The topological polar surface area (TPSA) is 47.8 Å². The second-order valence-electron chi connectivity index (χ2n) is 3.58. The SMILES string of the molecule is CC(C)(C)n1cc(C(=O)P)nn1. The second kappa shape index (κ2) is 2.94. The monoisotopic (exact) mass is 185 g/mol. The van der Waals surface area contributed by atoms with Crippen molar-refractivity contribution in [2.24, 2.45) is 0 Å². The molecule has 66 valence electrons. The lowest BCUT2D eigenvalue weighted by molar-refractivity contribution is 0.108. The van der Waals surface area contributed by atoms with Gasteiger partial charge in [0.15, 0.2) is 11.2 Å². The van der Waals surface area contributed by atoms with Gasteiger partial charge in [0.25, 0.3) is 0 Å². The number of carbonyl (C=O) groups is 1. The summed E-state index contributed by atoms with van der Waals surface area (Å²) >= 11 is 0. The Kier molecular flexibility index (Phi) is 2.29. The standard InChI is InChI=1S/C7H12N3OP/c1-7(2,3)10-4-5(6(11)12)8-9-10/h4H,12H2,1-3H3. The van der Waals surface area contributed by atoms with E-state index < -0.39 is 0 Å². The normalized spacial score (nSPS) is 11.7. The van der Waals surface area contributed by atoms with Gasteiger partial charge < -0.3 is 0 Å². The zero-order valence-corrected chi connectivity index (χ0v) is 8.56. The summed E-state index contributed by atoms with van der Waals surface area (Å²) in [6.45, 7) is 6.00. The van der Waals surface area contributed by atoms with Gasteiger partial charge in [-0.25, -0.2) is 4.68 Å². The minimum atomic E-state index is -0.134. The summed E-state index contributed by atoms with van der Waals surface area (Å²) in [6.07, 6.45) is 1.65. The van der Waals surface area contributed by atoms with Crippen molar-refractivity contribution in [1.29, 1.82) is 0 Å². The Labute approximate surface area is 73.5 Å². The highest BCUT2D eigenvalue weighted by molar-refractivity contribution is 7.41. The van der Waals surface area contributed by atoms with Crippen LogP contribution in [0.25, 0.3) is 0 Å². The lowest BCUT2D eigenvalue weighted by atomic mass is 10.1. The third kappa shape index (κ3) is 1.89. The van der Waals surface area contributed by atoms with Crippen LogP contribution in [0.15, 0.2) is 6.20 Å². The molecule has 0 bridgehead atoms. The fourth-order valence-electron chi connectivity index (χ4n) is 0.705. The van der Waals surface area contributed by atoms with Crippen molar-refractivity contribution in [1.82, 2.24) is 15.0 Å². The Balaban J connectivity index is 3.00. The van der Waals surface area contributed by atoms with Crippen LogP contribution in [0.1, 0.15) is 31.3 Å². The molecule has 1 unspecified atom stereocenters. The van der Waals surface area contributed by atoms with Gasteiger partial charge in [-0.15, -0.1) is 5.10 Å². The summed E-state index contributed by atoms with van der Waals surface area (Å²) in [5, 5.41) is 7.57. The Morgan fingerprint density at radius 2 is 2.17 bits per heavy atom. The molecule has 5 heteroatoms. The zero-order valence-electron chi connectivity index (χ0n) is 7.40. The smallest absolute Gasteiger partial charge is 0.199 e. The van der Waals surface area contributed by atoms with Crippen LogP contribution >= 0.6 is 9.24 Å². The van der Waals surface area contributed by atoms with Crippen molar-refractivity contribution in [3.63, 3.8) is 0 Å². The van der Waals surface area contributed by atoms with Crippen LogP contribution in [0, 0.1) is 0 Å². The molecule has 1 atom stereocenters. The van der Waals surface area contributed by atoms with Crippen LogP contribution in [-0.2, 0) is 5.54 Å². The van der Waals surface area contributed by atoms with E-state index in [1.165, 1.54) is 0 Å². The molecule has 1 rings (SSSR count). The van der Waals surface area contributed by atoms with Gasteiger partial charge in [0.05, 0.1) is 11.7 Å². The van der Waals surface area contributed by atoms with Gasteiger partial charge >= 0.3 is 0 Å². The van der Waals surface area contributed by atoms with E-state index in [1.807, 2.05) is 20.8 Å². The van der Waals surface area contributed by atoms with E-state index in [9.17, 15) is 4.79 Å². The van der Waals surface area contributed by atoms with Crippen LogP contribution < -0.4 is 0 Å². The number of rotatable bonds is 1. The van der Waals surface area contributed by atoms with Crippen molar-refractivity contribution in [3.05, 3.63) is 11.9 Å². The molecule has 0 aromatic carbocycles. The molecule has 0 saturated carbocycles. The van der Waals surface area contributed by atoms with Gasteiger partial charge in [-0.3, -0.25) is 4.79 Å². The summed E-state index contributed by atoms with van der Waals surface area (Å²) in [5.41, 5.74) is 0.131. The fraction of sp³-hybridized carbons (Fsp3) is 0.571. The van der Waals surface area contributed by atoms with Crippen molar-refractivity contribution in [2.75, 3.05) is 0 Å². The van der Waals surface area contributed by atoms with Crippen LogP contribution in [0.5, 0.6) is 0 Å². The first kappa shape index (κ1) is 9.33. The Bertz CT molecular complexity index is 300. The molecule has 0 fully saturated rings. The van der Waals surface area contributed by atoms with Crippen LogP contribution in [0.2, 0.25) is 0 Å². The van der Waals surface area contributed by atoms with E-state index in [2.05, 4.69) is 19.6 Å². The second-order valence-corrected chi connectivity index (χ2v) is 4.11. The third-order valence-corrected chi connectivity index (χ3v) is 1.73. The van der Waals surface area contributed by atoms with E-state index in [0.717, 1.165) is 0 Å². The fourth-order valence-corrected chi connectivity index (χ4v) is 0.837. The predicted molar refractivity (Wildman–Crippen MR) is 49.1 cm³/mol. The van der Waals surface area contributed by atoms with Gasteiger partial charge in [0.1, 0.15) is 0 Å². The molecule has 12 heavy (non-hydrogen) atoms. The molecule has 0 saturated heterocycles. The molecule has 1 aromatic rings. The van der Waals surface area contributed by atoms with Crippen molar-refractivity contribution >= 4 is 14.8 Å². The molecule has 0 aliphatic rings. The van der Waals surface area contributed by atoms with Gasteiger partial charge in [0, 0.05) is 0 Å². The lowest BCUT2D eigenvalue weighted by Crippen LogP contribution is -2.22. The van der Waals surface area contributed by atoms with E-state index in [0.29, 0.717) is 5.69 Å². The maximum absolute atomic E-state index is 10.8. The maximum Gasteiger partial charge on any atom is 0.199 e. The number of nitrogens with zero attached hydrogens (tertiary/aromatic N) is 3. The van der Waals surface area contributed by atoms with Crippen LogP contribution in [0.3, 0.4) is 0 Å². The maximum atomic E-state index is 10.8. The van der Waals surface area contributed by atoms with Crippen LogP contribution in [-0.4, -0.2) is 20.5 Å². The Morgan fingerprint density at radius 1 is 1.58 bits per heavy atom. The number of carbonyl (C=O) groups excluding carboxylic acids is 1. The summed E-state index contributed by atoms with van der Waals surface area (Å²) < 4.78 is 1.67. The van der Waals surface area contributed by atoms with Crippen molar-refractivity contribution in [2.45, 2.75) is 26.3 Å². The largest absolute Gasteiger partial charge is 0.288 e. The average molecular weight is 185 g/mol. The molecule has 0 amide bonds. The van der Waals surface area contributed by atoms with Gasteiger partial charge in [-0.2, -0.15) is 0 Å². The molecule has 0 aliphatic heterocycles. The van der Waals surface area contributed by atoms with Crippen LogP contribution in [0.4, 0.5) is 0 Å². The molecule has 0 radical (unpaired) electrons. The molecule has 1 heterocycles. The number of hydrogen-bond donors (Lipinski definition) is 0. The average Bonchev–Trinajstić information content (AvgIpc) is 2.30. The quantitative estimate of drug-likeness (QED) is 0.614. The lowest BCUT2D eigenvalue weighted by Gasteiger charge is -2.17. The van der Waals surface area contributed by atoms with Gasteiger partial charge in [-0.1, -0.05) is 14.5 Å². The molecule has 4 nitrogen and oxygen atoms in total. The van der Waals surface area contributed by atoms with E-state index in [-0.39, 0.29) is 11.1 Å². The summed E-state index contributed by atoms with van der Waals surface area (Å²) in [6, 6.07) is 0. The third-order valence-electron chi connectivity index (χ3n) is 1.43. The highest BCUT2D eigenvalue weighted by Gasteiger charge is 2.16. The highest BCUT2D eigenvalue weighted by atomic mass is 31.0. The van der Waals surface area contributed by atoms with Gasteiger partial charge in [0.2, 0.25) is 0 Å². The van der Waals surface area contributed by atoms with E-state index >= 15 is 0 Å². The zero-order chi connectivity index (χ0) is 9.35. The summed E-state index contributed by atoms with van der Waals surface area (Å²) in [5.74, 6) is 0. The molecule has 1 aromatic heterocycles. The first-order chi connectivity index (χ1) is 5.41. The van der Waals surface area contributed by atoms with E-state index in [1.54, 1.807) is 10.9 Å². The molecule has 0 spiro atoms. The first-order valence-corrected chi connectivity index (χ1v) is 4.21. The number of hydrogen-bond acceptors (Lipinski definition) is 3. The minimum Gasteiger partial charge on any atom is -0.288 e. The summed E-state index contributed by atoms with van der Waals surface area (Å²) in [7, 11) is 2.07. The molecule has 0 N–H and O–H groups in total. The van der Waals surface area contributed by atoms with E-state index in [4.69, 9.17) is 0 Å². The highest BCUT2D eigenvalue weighted by Crippen LogP contribution is 2.12. The molecular weight excluding hydrogens is 173 g/mol. The van der Waals surface area contributed by atoms with Gasteiger partial charge in [-0.05, 0) is 20.8 Å². The predicted octanol–water partition coefficient (Wildman–Crippen LogP) is 1.05. The number of aromatic nitrogens is 3. The summed E-state index contributed by atoms with van der Waals surface area (Å²) in [4.78, 5) is 10.8. The minimum absolute atomic E-state index is 0.120. The van der Waals surface area contributed by atoms with Crippen molar-refractivity contribution < 1.29 is 4.79 Å². The first-order valence-electron chi connectivity index (χ1n) is 3.64. The Hall–Kier alpha value is -0.760. The molecular formula is C7H12N3OP.